The zero-order chi connectivity index (χ0) is 19.7. The van der Waals surface area contributed by atoms with Gasteiger partial charge in [-0.15, -0.1) is 6.58 Å². The highest BCUT2D eigenvalue weighted by atomic mass is 32.2. The smallest absolute Gasteiger partial charge is 0.266 e. The molecule has 1 aliphatic heterocycles. The van der Waals surface area contributed by atoms with Crippen LogP contribution in [-0.2, 0) is 4.79 Å². The molecule has 1 aliphatic rings. The summed E-state index contributed by atoms with van der Waals surface area (Å²) < 4.78 is 2.79. The number of carbonyl (C=O) groups excluding carboxylic acids is 1. The molecule has 0 aliphatic carbocycles. The van der Waals surface area contributed by atoms with E-state index >= 15 is 0 Å². The van der Waals surface area contributed by atoms with Crippen molar-refractivity contribution < 1.29 is 4.79 Å². The third kappa shape index (κ3) is 3.73. The van der Waals surface area contributed by atoms with Crippen LogP contribution in [0.2, 0.25) is 0 Å². The number of hydrogen-bond donors (Lipinski definition) is 0. The maximum atomic E-state index is 12.6. The summed E-state index contributed by atoms with van der Waals surface area (Å²) in [4.78, 5) is 16.9. The lowest BCUT2D eigenvalue weighted by Gasteiger charge is -2.15. The average molecular weight is 398 g/mol. The summed E-state index contributed by atoms with van der Waals surface area (Å²) >= 11 is 6.67. The molecule has 2 aromatic rings. The Balaban J connectivity index is 1.96. The van der Waals surface area contributed by atoms with Gasteiger partial charge in [0.2, 0.25) is 0 Å². The number of anilines is 1. The van der Waals surface area contributed by atoms with E-state index in [4.69, 9.17) is 12.2 Å². The molecule has 0 bridgehead atoms. The minimum Gasteiger partial charge on any atom is -0.378 e. The molecule has 1 aromatic carbocycles. The Morgan fingerprint density at radius 1 is 1.22 bits per heavy atom. The van der Waals surface area contributed by atoms with Crippen molar-refractivity contribution in [2.24, 2.45) is 0 Å². The molecule has 2 heterocycles. The van der Waals surface area contributed by atoms with Crippen LogP contribution in [0.1, 0.15) is 17.0 Å². The molecule has 0 unspecified atom stereocenters. The number of amides is 1. The van der Waals surface area contributed by atoms with E-state index in [0.29, 0.717) is 15.8 Å². The Labute approximate surface area is 170 Å². The van der Waals surface area contributed by atoms with Crippen molar-refractivity contribution in [3.05, 3.63) is 64.8 Å². The van der Waals surface area contributed by atoms with Crippen LogP contribution in [0.5, 0.6) is 0 Å². The van der Waals surface area contributed by atoms with Crippen LogP contribution < -0.4 is 4.90 Å². The van der Waals surface area contributed by atoms with Gasteiger partial charge in [-0.05, 0) is 55.8 Å². The van der Waals surface area contributed by atoms with Crippen LogP contribution in [0.25, 0.3) is 11.8 Å². The predicted molar refractivity (Wildman–Crippen MR) is 120 cm³/mol. The van der Waals surface area contributed by atoms with E-state index in [1.54, 1.807) is 11.0 Å². The molecule has 1 fully saturated rings. The molecule has 140 valence electrons. The number of nitrogens with zero attached hydrogens (tertiary/aromatic N) is 3. The third-order valence-electron chi connectivity index (χ3n) is 4.57. The quantitative estimate of drug-likeness (QED) is 0.420. The number of thiocarbonyl (C=S) groups is 1. The van der Waals surface area contributed by atoms with Gasteiger partial charge in [0.1, 0.15) is 4.32 Å². The van der Waals surface area contributed by atoms with Gasteiger partial charge in [0.25, 0.3) is 5.91 Å². The summed E-state index contributed by atoms with van der Waals surface area (Å²) in [5.74, 6) is -0.0509. The number of carbonyl (C=O) groups is 1. The van der Waals surface area contributed by atoms with Crippen molar-refractivity contribution in [2.45, 2.75) is 13.8 Å². The van der Waals surface area contributed by atoms with Crippen LogP contribution in [0.3, 0.4) is 0 Å². The maximum absolute atomic E-state index is 12.6. The molecule has 0 saturated carbocycles. The minimum atomic E-state index is -0.0509. The molecule has 1 aromatic heterocycles. The number of hydrogen-bond acceptors (Lipinski definition) is 4. The zero-order valence-electron chi connectivity index (χ0n) is 16.0. The van der Waals surface area contributed by atoms with Crippen molar-refractivity contribution >= 4 is 46.0 Å². The molecule has 0 atom stereocenters. The lowest BCUT2D eigenvalue weighted by Crippen LogP contribution is -2.27. The molecule has 0 spiro atoms. The summed E-state index contributed by atoms with van der Waals surface area (Å²) in [5, 5.41) is 0. The molecule has 1 amide bonds. The third-order valence-corrected chi connectivity index (χ3v) is 5.94. The SMILES string of the molecule is C=CCN1C(=O)/C(=C/c2cc(C)n(-c3ccc(N(C)C)cc3)c2C)SC1=S. The molecule has 0 radical (unpaired) electrons. The first-order valence-corrected chi connectivity index (χ1v) is 9.89. The van der Waals surface area contributed by atoms with Crippen molar-refractivity contribution in [2.75, 3.05) is 25.5 Å². The van der Waals surface area contributed by atoms with Crippen LogP contribution in [0.4, 0.5) is 5.69 Å². The number of rotatable bonds is 5. The molecule has 4 nitrogen and oxygen atoms in total. The van der Waals surface area contributed by atoms with Gasteiger partial charge in [0, 0.05) is 43.4 Å². The van der Waals surface area contributed by atoms with Crippen LogP contribution in [-0.4, -0.2) is 40.3 Å². The summed E-state index contributed by atoms with van der Waals surface area (Å²) in [6.45, 7) is 8.29. The fraction of sp³-hybridized carbons (Fsp3) is 0.238. The number of aryl methyl sites for hydroxylation is 1. The molecule has 0 N–H and O–H groups in total. The average Bonchev–Trinajstić information content (AvgIpc) is 3.05. The predicted octanol–water partition coefficient (Wildman–Crippen LogP) is 4.55. The molecule has 6 heteroatoms. The lowest BCUT2D eigenvalue weighted by molar-refractivity contribution is -0.121. The first-order chi connectivity index (χ1) is 12.8. The van der Waals surface area contributed by atoms with Crippen molar-refractivity contribution in [1.29, 1.82) is 0 Å². The van der Waals surface area contributed by atoms with Gasteiger partial charge in [-0.3, -0.25) is 9.69 Å². The molecular weight excluding hydrogens is 374 g/mol. The highest BCUT2D eigenvalue weighted by Gasteiger charge is 2.31. The van der Waals surface area contributed by atoms with Crippen molar-refractivity contribution in [1.82, 2.24) is 9.47 Å². The van der Waals surface area contributed by atoms with E-state index in [0.717, 1.165) is 28.3 Å². The normalized spacial score (nSPS) is 15.7. The standard InChI is InChI=1S/C21H23N3OS2/c1-6-11-23-20(25)19(27-21(23)26)13-16-12-14(2)24(15(16)3)18-9-7-17(8-10-18)22(4)5/h6-10,12-13H,1,11H2,2-5H3/b19-13-. The summed E-state index contributed by atoms with van der Waals surface area (Å²) in [6.07, 6.45) is 3.63. The minimum absolute atomic E-state index is 0.0509. The van der Waals surface area contributed by atoms with Crippen molar-refractivity contribution in [3.8, 4) is 5.69 Å². The van der Waals surface area contributed by atoms with E-state index < -0.39 is 0 Å². The first-order valence-electron chi connectivity index (χ1n) is 8.66. The van der Waals surface area contributed by atoms with E-state index in [9.17, 15) is 4.79 Å². The summed E-state index contributed by atoms with van der Waals surface area (Å²) in [7, 11) is 4.06. The number of benzene rings is 1. The summed E-state index contributed by atoms with van der Waals surface area (Å²) in [6, 6.07) is 10.5. The van der Waals surface area contributed by atoms with Gasteiger partial charge in [0.15, 0.2) is 0 Å². The van der Waals surface area contributed by atoms with Gasteiger partial charge in [-0.2, -0.15) is 0 Å². The Morgan fingerprint density at radius 2 is 1.89 bits per heavy atom. The number of thioether (sulfide) groups is 1. The molecule has 3 rings (SSSR count). The Bertz CT molecular complexity index is 939. The van der Waals surface area contributed by atoms with Gasteiger partial charge in [-0.1, -0.05) is 30.1 Å². The van der Waals surface area contributed by atoms with Crippen LogP contribution >= 0.6 is 24.0 Å². The maximum Gasteiger partial charge on any atom is 0.266 e. The monoisotopic (exact) mass is 397 g/mol. The molecular formula is C21H23N3OS2. The van der Waals surface area contributed by atoms with Gasteiger partial charge >= 0.3 is 0 Å². The Morgan fingerprint density at radius 3 is 2.48 bits per heavy atom. The van der Waals surface area contributed by atoms with E-state index in [1.807, 2.05) is 20.2 Å². The van der Waals surface area contributed by atoms with Crippen LogP contribution in [0.15, 0.2) is 47.9 Å². The second-order valence-electron chi connectivity index (χ2n) is 6.65. The highest BCUT2D eigenvalue weighted by Crippen LogP contribution is 2.34. The topological polar surface area (TPSA) is 28.5 Å². The molecule has 27 heavy (non-hydrogen) atoms. The van der Waals surface area contributed by atoms with Crippen molar-refractivity contribution in [3.63, 3.8) is 0 Å². The second-order valence-corrected chi connectivity index (χ2v) is 8.33. The van der Waals surface area contributed by atoms with E-state index in [1.165, 1.54) is 11.8 Å². The zero-order valence-corrected chi connectivity index (χ0v) is 17.7. The molecule has 1 saturated heterocycles. The van der Waals surface area contributed by atoms with Gasteiger partial charge in [0.05, 0.1) is 4.91 Å². The van der Waals surface area contributed by atoms with Crippen LogP contribution in [0, 0.1) is 13.8 Å². The largest absolute Gasteiger partial charge is 0.378 e. The highest BCUT2D eigenvalue weighted by molar-refractivity contribution is 8.26. The fourth-order valence-corrected chi connectivity index (χ4v) is 4.42. The van der Waals surface area contributed by atoms with E-state index in [2.05, 4.69) is 60.2 Å². The summed E-state index contributed by atoms with van der Waals surface area (Å²) in [5.41, 5.74) is 5.52. The fourth-order valence-electron chi connectivity index (χ4n) is 3.16. The first kappa shape index (κ1) is 19.5. The van der Waals surface area contributed by atoms with Gasteiger partial charge < -0.3 is 9.47 Å². The lowest BCUT2D eigenvalue weighted by atomic mass is 10.2. The Hall–Kier alpha value is -2.31. The van der Waals surface area contributed by atoms with Gasteiger partial charge in [-0.25, -0.2) is 0 Å². The second kappa shape index (κ2) is 7.74. The van der Waals surface area contributed by atoms with E-state index in [-0.39, 0.29) is 5.91 Å². The number of aromatic nitrogens is 1. The Kier molecular flexibility index (Phi) is 5.58.